The standard InChI is InChI=1S/C23H20N2O4/c1-23(17-13-15-20(16-14-17)28-19-11-7-4-8-12-19)21(26)25(22(27)29-23)24(2)18-9-5-3-6-10-18/h3-16H,1-2H3/t23-/m0/s1. The second-order valence-electron chi connectivity index (χ2n) is 6.82. The number of cyclic esters (lactones) is 1. The SMILES string of the molecule is CN(c1ccccc1)N1C(=O)O[C@@](C)(c2ccc(Oc3ccccc3)cc2)C1=O. The van der Waals surface area contributed by atoms with E-state index in [0.29, 0.717) is 22.7 Å². The predicted molar refractivity (Wildman–Crippen MR) is 108 cm³/mol. The number of anilines is 1. The maximum atomic E-state index is 13.1. The number of rotatable bonds is 5. The average molecular weight is 388 g/mol. The third kappa shape index (κ3) is 3.40. The Balaban J connectivity index is 1.56. The molecular formula is C23H20N2O4. The Morgan fingerprint density at radius 1 is 0.828 bits per heavy atom. The molecule has 1 aliphatic rings. The van der Waals surface area contributed by atoms with Crippen LogP contribution in [0.25, 0.3) is 0 Å². The lowest BCUT2D eigenvalue weighted by Crippen LogP contribution is -2.46. The van der Waals surface area contributed by atoms with Gasteiger partial charge in [0.1, 0.15) is 11.5 Å². The Kier molecular flexibility index (Phi) is 4.68. The van der Waals surface area contributed by atoms with Crippen LogP contribution in [-0.2, 0) is 15.1 Å². The molecule has 1 saturated heterocycles. The monoisotopic (exact) mass is 388 g/mol. The Hall–Kier alpha value is -3.80. The Bertz CT molecular complexity index is 1020. The Morgan fingerprint density at radius 2 is 1.38 bits per heavy atom. The van der Waals surface area contributed by atoms with Crippen molar-refractivity contribution in [1.82, 2.24) is 5.01 Å². The zero-order chi connectivity index (χ0) is 20.4. The van der Waals surface area contributed by atoms with E-state index in [1.54, 1.807) is 38.2 Å². The van der Waals surface area contributed by atoms with Crippen LogP contribution in [0, 0.1) is 0 Å². The van der Waals surface area contributed by atoms with Crippen LogP contribution < -0.4 is 9.75 Å². The van der Waals surface area contributed by atoms with E-state index in [2.05, 4.69) is 0 Å². The van der Waals surface area contributed by atoms with E-state index in [-0.39, 0.29) is 0 Å². The van der Waals surface area contributed by atoms with Gasteiger partial charge in [-0.15, -0.1) is 5.01 Å². The Morgan fingerprint density at radius 3 is 2.00 bits per heavy atom. The summed E-state index contributed by atoms with van der Waals surface area (Å²) in [7, 11) is 1.65. The maximum Gasteiger partial charge on any atom is 0.437 e. The molecule has 1 aliphatic heterocycles. The average Bonchev–Trinajstić information content (AvgIpc) is 2.98. The number of imide groups is 1. The van der Waals surface area contributed by atoms with E-state index in [1.165, 1.54) is 5.01 Å². The van der Waals surface area contributed by atoms with E-state index in [4.69, 9.17) is 9.47 Å². The molecule has 29 heavy (non-hydrogen) atoms. The first-order chi connectivity index (χ1) is 14.0. The second-order valence-corrected chi connectivity index (χ2v) is 6.82. The number of amides is 2. The normalized spacial score (nSPS) is 18.5. The lowest BCUT2D eigenvalue weighted by molar-refractivity contribution is -0.136. The van der Waals surface area contributed by atoms with Gasteiger partial charge in [0, 0.05) is 12.6 Å². The third-order valence-corrected chi connectivity index (χ3v) is 4.88. The summed E-state index contributed by atoms with van der Waals surface area (Å²) in [5.41, 5.74) is -0.139. The first kappa shape index (κ1) is 18.6. The summed E-state index contributed by atoms with van der Waals surface area (Å²) < 4.78 is 11.3. The number of hydrogen-bond donors (Lipinski definition) is 0. The molecule has 6 nitrogen and oxygen atoms in total. The molecule has 0 N–H and O–H groups in total. The van der Waals surface area contributed by atoms with Crippen LogP contribution in [0.3, 0.4) is 0 Å². The highest BCUT2D eigenvalue weighted by Crippen LogP contribution is 2.37. The van der Waals surface area contributed by atoms with E-state index in [1.807, 2.05) is 60.7 Å². The van der Waals surface area contributed by atoms with Crippen molar-refractivity contribution in [3.05, 3.63) is 90.5 Å². The highest BCUT2D eigenvalue weighted by atomic mass is 16.6. The van der Waals surface area contributed by atoms with Crippen LogP contribution in [0.2, 0.25) is 0 Å². The molecule has 0 saturated carbocycles. The minimum Gasteiger partial charge on any atom is -0.457 e. The minimum absolute atomic E-state index is 0.453. The van der Waals surface area contributed by atoms with Crippen molar-refractivity contribution < 1.29 is 19.1 Å². The topological polar surface area (TPSA) is 59.1 Å². The van der Waals surface area contributed by atoms with Crippen molar-refractivity contribution in [1.29, 1.82) is 0 Å². The molecule has 0 spiro atoms. The number of ether oxygens (including phenoxy) is 2. The fraction of sp³-hybridized carbons (Fsp3) is 0.130. The lowest BCUT2D eigenvalue weighted by Gasteiger charge is -2.27. The van der Waals surface area contributed by atoms with Gasteiger partial charge in [0.15, 0.2) is 0 Å². The number of carbonyl (C=O) groups is 2. The van der Waals surface area contributed by atoms with Crippen molar-refractivity contribution in [2.75, 3.05) is 12.1 Å². The van der Waals surface area contributed by atoms with Crippen molar-refractivity contribution in [3.63, 3.8) is 0 Å². The van der Waals surface area contributed by atoms with E-state index >= 15 is 0 Å². The summed E-state index contributed by atoms with van der Waals surface area (Å²) in [5, 5.41) is 2.51. The molecule has 1 fully saturated rings. The molecule has 4 rings (SSSR count). The van der Waals surface area contributed by atoms with Gasteiger partial charge in [-0.3, -0.25) is 9.80 Å². The quantitative estimate of drug-likeness (QED) is 0.633. The third-order valence-electron chi connectivity index (χ3n) is 4.88. The minimum atomic E-state index is -1.41. The van der Waals surface area contributed by atoms with Crippen LogP contribution in [0.15, 0.2) is 84.9 Å². The second kappa shape index (κ2) is 7.31. The van der Waals surface area contributed by atoms with Gasteiger partial charge in [-0.1, -0.05) is 48.5 Å². The molecule has 1 heterocycles. The van der Waals surface area contributed by atoms with Crippen LogP contribution in [-0.4, -0.2) is 24.1 Å². The number of benzene rings is 3. The zero-order valence-corrected chi connectivity index (χ0v) is 16.1. The fourth-order valence-electron chi connectivity index (χ4n) is 3.21. The number of hydrogen-bond acceptors (Lipinski definition) is 5. The van der Waals surface area contributed by atoms with E-state index in [9.17, 15) is 9.59 Å². The summed E-state index contributed by atoms with van der Waals surface area (Å²) in [6, 6.07) is 25.5. The van der Waals surface area contributed by atoms with Crippen LogP contribution in [0.4, 0.5) is 10.5 Å². The largest absolute Gasteiger partial charge is 0.457 e. The zero-order valence-electron chi connectivity index (χ0n) is 16.1. The van der Waals surface area contributed by atoms with Crippen LogP contribution in [0.5, 0.6) is 11.5 Å². The van der Waals surface area contributed by atoms with Crippen LogP contribution in [0.1, 0.15) is 12.5 Å². The van der Waals surface area contributed by atoms with Crippen molar-refractivity contribution in [3.8, 4) is 11.5 Å². The molecule has 146 valence electrons. The lowest BCUT2D eigenvalue weighted by atomic mass is 9.95. The van der Waals surface area contributed by atoms with E-state index < -0.39 is 17.6 Å². The molecule has 0 radical (unpaired) electrons. The molecule has 1 atom stereocenters. The molecule has 0 unspecified atom stereocenters. The maximum absolute atomic E-state index is 13.1. The van der Waals surface area contributed by atoms with Gasteiger partial charge in [0.05, 0.1) is 5.69 Å². The summed E-state index contributed by atoms with van der Waals surface area (Å²) >= 11 is 0. The smallest absolute Gasteiger partial charge is 0.437 e. The fourth-order valence-corrected chi connectivity index (χ4v) is 3.21. The molecular weight excluding hydrogens is 368 g/mol. The first-order valence-corrected chi connectivity index (χ1v) is 9.19. The first-order valence-electron chi connectivity index (χ1n) is 9.19. The van der Waals surface area contributed by atoms with Gasteiger partial charge in [-0.25, -0.2) is 4.79 Å². The summed E-state index contributed by atoms with van der Waals surface area (Å²) in [6.45, 7) is 1.60. The molecule has 0 aliphatic carbocycles. The van der Waals surface area contributed by atoms with Gasteiger partial charge in [-0.05, 0) is 43.3 Å². The van der Waals surface area contributed by atoms with Gasteiger partial charge < -0.3 is 9.47 Å². The highest BCUT2D eigenvalue weighted by Gasteiger charge is 2.53. The molecule has 6 heteroatoms. The van der Waals surface area contributed by atoms with Gasteiger partial charge in [0.25, 0.3) is 5.91 Å². The van der Waals surface area contributed by atoms with Gasteiger partial charge in [0.2, 0.25) is 5.60 Å². The van der Waals surface area contributed by atoms with Crippen molar-refractivity contribution in [2.45, 2.75) is 12.5 Å². The van der Waals surface area contributed by atoms with Crippen molar-refractivity contribution in [2.24, 2.45) is 0 Å². The summed E-state index contributed by atoms with van der Waals surface area (Å²) in [5.74, 6) is 0.884. The summed E-state index contributed by atoms with van der Waals surface area (Å²) in [6.07, 6.45) is -0.714. The molecule has 3 aromatic carbocycles. The summed E-state index contributed by atoms with van der Waals surface area (Å²) in [4.78, 5) is 25.6. The molecule has 0 aromatic heterocycles. The number of nitrogens with zero attached hydrogens (tertiary/aromatic N) is 2. The molecule has 3 aromatic rings. The number of carbonyl (C=O) groups excluding carboxylic acids is 2. The highest BCUT2D eigenvalue weighted by molar-refractivity contribution is 6.04. The predicted octanol–water partition coefficient (Wildman–Crippen LogP) is 4.72. The van der Waals surface area contributed by atoms with Crippen LogP contribution >= 0.6 is 0 Å². The Labute approximate surface area is 168 Å². The molecule has 0 bridgehead atoms. The number of para-hydroxylation sites is 2. The molecule has 2 amide bonds. The van der Waals surface area contributed by atoms with Gasteiger partial charge in [-0.2, -0.15) is 0 Å². The van der Waals surface area contributed by atoms with Crippen molar-refractivity contribution >= 4 is 17.7 Å². The van der Waals surface area contributed by atoms with Gasteiger partial charge >= 0.3 is 6.09 Å². The van der Waals surface area contributed by atoms with E-state index in [0.717, 1.165) is 5.01 Å². The number of hydrazine groups is 1.